The Hall–Kier alpha value is -3.92. The monoisotopic (exact) mass is 587 g/mol. The minimum absolute atomic E-state index is 0.0447. The number of amides is 2. The third-order valence-electron chi connectivity index (χ3n) is 8.08. The summed E-state index contributed by atoms with van der Waals surface area (Å²) in [5.41, 5.74) is 15.8. The summed E-state index contributed by atoms with van der Waals surface area (Å²) in [5.74, 6) is -1.36. The van der Waals surface area contributed by atoms with Crippen LogP contribution in [0.5, 0.6) is 11.5 Å². The largest absolute Gasteiger partial charge is 0.507 e. The van der Waals surface area contributed by atoms with Crippen molar-refractivity contribution in [3.8, 4) is 11.5 Å². The van der Waals surface area contributed by atoms with Crippen LogP contribution < -0.4 is 11.5 Å². The van der Waals surface area contributed by atoms with Crippen molar-refractivity contribution in [1.29, 1.82) is 0 Å². The molecule has 0 spiro atoms. The second-order valence-corrected chi connectivity index (χ2v) is 11.7. The molecule has 1 aliphatic heterocycles. The van der Waals surface area contributed by atoms with Gasteiger partial charge in [0.15, 0.2) is 0 Å². The van der Waals surface area contributed by atoms with Gasteiger partial charge in [0.2, 0.25) is 0 Å². The van der Waals surface area contributed by atoms with Crippen LogP contribution in [0, 0.1) is 13.8 Å². The number of hydrogen-bond acceptors (Lipinski definition) is 7. The number of carbonyl (C=O) groups excluding carboxylic acids is 2. The smallest absolute Gasteiger partial charge is 0.252 e. The number of aromatic hydroxyl groups is 2. The van der Waals surface area contributed by atoms with Gasteiger partial charge in [-0.05, 0) is 101 Å². The van der Waals surface area contributed by atoms with E-state index in [-0.39, 0.29) is 22.6 Å². The highest BCUT2D eigenvalue weighted by Crippen LogP contribution is 2.27. The molecule has 0 bridgehead atoms. The molecule has 3 aromatic carbocycles. The summed E-state index contributed by atoms with van der Waals surface area (Å²) in [7, 11) is 0. The van der Waals surface area contributed by atoms with E-state index in [1.54, 1.807) is 12.1 Å². The zero-order valence-corrected chi connectivity index (χ0v) is 25.4. The number of rotatable bonds is 8. The van der Waals surface area contributed by atoms with Gasteiger partial charge in [-0.2, -0.15) is 0 Å². The van der Waals surface area contributed by atoms with Crippen molar-refractivity contribution >= 4 is 11.8 Å². The predicted molar refractivity (Wildman–Crippen MR) is 169 cm³/mol. The second kappa shape index (κ2) is 15.0. The Bertz CT molecular complexity index is 1330. The summed E-state index contributed by atoms with van der Waals surface area (Å²) < 4.78 is 0. The fraction of sp³-hybridized carbons (Fsp3) is 0.412. The number of aryl methyl sites for hydroxylation is 2. The molecule has 43 heavy (non-hydrogen) atoms. The molecule has 9 nitrogen and oxygen atoms in total. The highest BCUT2D eigenvalue weighted by Gasteiger charge is 2.20. The molecule has 0 aliphatic carbocycles. The Morgan fingerprint density at radius 1 is 0.628 bits per heavy atom. The quantitative estimate of drug-likeness (QED) is 0.314. The SMILES string of the molecule is Cc1cc(CN2CCCN(Cc3ccccc3)CCCN(Cc3cc(C)cc(C(N)=O)c3O)CCC2)c(O)c(C(N)=O)c1. The van der Waals surface area contributed by atoms with Gasteiger partial charge in [-0.25, -0.2) is 0 Å². The zero-order valence-electron chi connectivity index (χ0n) is 25.4. The van der Waals surface area contributed by atoms with E-state index in [0.717, 1.165) is 76.2 Å². The van der Waals surface area contributed by atoms with Gasteiger partial charge < -0.3 is 21.7 Å². The van der Waals surface area contributed by atoms with E-state index < -0.39 is 11.8 Å². The van der Waals surface area contributed by atoms with Crippen molar-refractivity contribution in [1.82, 2.24) is 14.7 Å². The number of hydrogen-bond donors (Lipinski definition) is 4. The first-order valence-corrected chi connectivity index (χ1v) is 15.1. The lowest BCUT2D eigenvalue weighted by Crippen LogP contribution is -2.36. The third-order valence-corrected chi connectivity index (χ3v) is 8.08. The summed E-state index contributed by atoms with van der Waals surface area (Å²) in [4.78, 5) is 31.0. The van der Waals surface area contributed by atoms with Crippen LogP contribution in [0.25, 0.3) is 0 Å². The summed E-state index contributed by atoms with van der Waals surface area (Å²) in [6.45, 7) is 10.8. The van der Waals surface area contributed by atoms with Crippen molar-refractivity contribution in [2.75, 3.05) is 39.3 Å². The molecule has 0 aromatic heterocycles. The summed E-state index contributed by atoms with van der Waals surface area (Å²) in [6.07, 6.45) is 2.82. The molecule has 0 radical (unpaired) electrons. The first-order chi connectivity index (χ1) is 20.6. The normalized spacial score (nSPS) is 16.3. The molecule has 1 saturated heterocycles. The number of nitrogens with two attached hydrogens (primary N) is 2. The molecule has 9 heteroatoms. The third kappa shape index (κ3) is 9.03. The second-order valence-electron chi connectivity index (χ2n) is 11.7. The van der Waals surface area contributed by atoms with E-state index in [4.69, 9.17) is 11.5 Å². The fourth-order valence-electron chi connectivity index (χ4n) is 6.01. The predicted octanol–water partition coefficient (Wildman–Crippen LogP) is 3.90. The molecule has 4 rings (SSSR count). The average Bonchev–Trinajstić information content (AvgIpc) is 2.95. The van der Waals surface area contributed by atoms with Gasteiger partial charge >= 0.3 is 0 Å². The van der Waals surface area contributed by atoms with E-state index in [9.17, 15) is 19.8 Å². The van der Waals surface area contributed by atoms with E-state index in [1.165, 1.54) is 5.56 Å². The Morgan fingerprint density at radius 2 is 1.00 bits per heavy atom. The molecule has 230 valence electrons. The Balaban J connectivity index is 1.55. The summed E-state index contributed by atoms with van der Waals surface area (Å²) >= 11 is 0. The van der Waals surface area contributed by atoms with E-state index >= 15 is 0 Å². The highest BCUT2D eigenvalue weighted by atomic mass is 16.3. The molecule has 1 aliphatic rings. The molecule has 2 amide bonds. The van der Waals surface area contributed by atoms with Crippen molar-refractivity contribution in [2.45, 2.75) is 52.7 Å². The van der Waals surface area contributed by atoms with E-state index in [0.29, 0.717) is 24.2 Å². The number of carbonyl (C=O) groups is 2. The van der Waals surface area contributed by atoms with Crippen molar-refractivity contribution in [3.05, 3.63) is 93.5 Å². The molecule has 3 aromatic rings. The lowest BCUT2D eigenvalue weighted by atomic mass is 10.0. The van der Waals surface area contributed by atoms with Gasteiger partial charge in [0.1, 0.15) is 11.5 Å². The minimum atomic E-state index is -0.637. The van der Waals surface area contributed by atoms with Crippen LogP contribution in [0.1, 0.15) is 67.8 Å². The van der Waals surface area contributed by atoms with Crippen LogP contribution in [-0.2, 0) is 19.6 Å². The van der Waals surface area contributed by atoms with Crippen LogP contribution in [-0.4, -0.2) is 76.0 Å². The minimum Gasteiger partial charge on any atom is -0.507 e. The fourth-order valence-corrected chi connectivity index (χ4v) is 6.01. The Kier molecular flexibility index (Phi) is 11.2. The Morgan fingerprint density at radius 3 is 1.37 bits per heavy atom. The number of nitrogens with zero attached hydrogens (tertiary/aromatic N) is 3. The molecule has 1 heterocycles. The van der Waals surface area contributed by atoms with Gasteiger partial charge in [0.25, 0.3) is 11.8 Å². The maximum atomic E-state index is 11.9. The standard InChI is InChI=1S/C34H45N5O4/c1-24-17-27(31(40)29(19-24)33(35)42)22-38-13-6-11-37(21-26-9-4-3-5-10-26)12-7-14-39(16-8-15-38)23-28-18-25(2)20-30(32(28)41)34(36)43/h3-5,9-10,17-20,40-41H,6-8,11-16,21-23H2,1-2H3,(H2,35,42)(H2,36,43). The molecule has 6 N–H and O–H groups in total. The topological polar surface area (TPSA) is 136 Å². The van der Waals surface area contributed by atoms with Gasteiger partial charge in [-0.1, -0.05) is 42.5 Å². The van der Waals surface area contributed by atoms with Gasteiger partial charge in [0.05, 0.1) is 11.1 Å². The Labute approximate surface area is 254 Å². The lowest BCUT2D eigenvalue weighted by molar-refractivity contribution is 0.0988. The maximum absolute atomic E-state index is 11.9. The van der Waals surface area contributed by atoms with Crippen LogP contribution in [0.15, 0.2) is 54.6 Å². The summed E-state index contributed by atoms with van der Waals surface area (Å²) in [5, 5.41) is 21.7. The molecule has 0 atom stereocenters. The van der Waals surface area contributed by atoms with Crippen molar-refractivity contribution in [2.24, 2.45) is 11.5 Å². The van der Waals surface area contributed by atoms with Crippen LogP contribution in [0.3, 0.4) is 0 Å². The maximum Gasteiger partial charge on any atom is 0.252 e. The molecule has 0 unspecified atom stereocenters. The molecule has 0 saturated carbocycles. The molecule has 1 fully saturated rings. The number of benzene rings is 3. The van der Waals surface area contributed by atoms with Crippen molar-refractivity contribution in [3.63, 3.8) is 0 Å². The average molecular weight is 588 g/mol. The number of primary amides is 2. The first-order valence-electron chi connectivity index (χ1n) is 15.1. The van der Waals surface area contributed by atoms with Gasteiger partial charge in [-0.15, -0.1) is 0 Å². The highest BCUT2D eigenvalue weighted by molar-refractivity contribution is 5.96. The molecular weight excluding hydrogens is 542 g/mol. The summed E-state index contributed by atoms with van der Waals surface area (Å²) in [6, 6.07) is 17.6. The van der Waals surface area contributed by atoms with Crippen molar-refractivity contribution < 1.29 is 19.8 Å². The van der Waals surface area contributed by atoms with E-state index in [1.807, 2.05) is 32.0 Å². The lowest BCUT2D eigenvalue weighted by Gasteiger charge is -2.30. The van der Waals surface area contributed by atoms with Gasteiger partial charge in [-0.3, -0.25) is 24.3 Å². The van der Waals surface area contributed by atoms with Gasteiger partial charge in [0, 0.05) is 30.8 Å². The van der Waals surface area contributed by atoms with Crippen LogP contribution in [0.2, 0.25) is 0 Å². The van der Waals surface area contributed by atoms with E-state index in [2.05, 4.69) is 39.0 Å². The number of phenols is 2. The zero-order chi connectivity index (χ0) is 30.9. The van der Waals surface area contributed by atoms with Crippen LogP contribution >= 0.6 is 0 Å². The van der Waals surface area contributed by atoms with Crippen LogP contribution in [0.4, 0.5) is 0 Å². The molecular formula is C34H45N5O4. The first kappa shape index (κ1) is 32.0.